The minimum atomic E-state index is -3.23. The van der Waals surface area contributed by atoms with Gasteiger partial charge in [0.25, 0.3) is 0 Å². The van der Waals surface area contributed by atoms with Gasteiger partial charge in [-0.05, 0) is 51.3 Å². The molecule has 2 aromatic rings. The van der Waals surface area contributed by atoms with Crippen molar-refractivity contribution in [2.24, 2.45) is 0 Å². The highest BCUT2D eigenvalue weighted by Crippen LogP contribution is 2.20. The number of nitrogens with two attached hydrogens (primary N) is 1. The van der Waals surface area contributed by atoms with Gasteiger partial charge < -0.3 is 21.3 Å². The van der Waals surface area contributed by atoms with Crippen LogP contribution in [0.15, 0.2) is 30.3 Å². The number of benzene rings is 1. The summed E-state index contributed by atoms with van der Waals surface area (Å²) in [5.74, 6) is 0.321. The largest absolute Gasteiger partial charge is 0.384 e. The lowest BCUT2D eigenvalue weighted by atomic mass is 10.2. The van der Waals surface area contributed by atoms with Crippen LogP contribution in [-0.2, 0) is 15.6 Å². The highest BCUT2D eigenvalue weighted by Gasteiger charge is 2.11. The third-order valence-corrected chi connectivity index (χ3v) is 4.50. The fourth-order valence-electron chi connectivity index (χ4n) is 2.47. The van der Waals surface area contributed by atoms with Crippen LogP contribution in [0, 0.1) is 0 Å². The number of aromatic nitrogens is 2. The Morgan fingerprint density at radius 1 is 1.18 bits per heavy atom. The van der Waals surface area contributed by atoms with E-state index in [2.05, 4.69) is 25.5 Å². The van der Waals surface area contributed by atoms with Gasteiger partial charge in [-0.2, -0.15) is 0 Å². The van der Waals surface area contributed by atoms with Gasteiger partial charge in [0, 0.05) is 30.1 Å². The van der Waals surface area contributed by atoms with Crippen molar-refractivity contribution in [1.82, 2.24) is 20.2 Å². The van der Waals surface area contributed by atoms with Gasteiger partial charge in [-0.1, -0.05) is 0 Å². The number of sulfone groups is 1. The second-order valence-electron chi connectivity index (χ2n) is 6.79. The van der Waals surface area contributed by atoms with Gasteiger partial charge in [0.05, 0.1) is 11.4 Å². The quantitative estimate of drug-likeness (QED) is 0.564. The molecule has 10 heteroatoms. The van der Waals surface area contributed by atoms with Crippen molar-refractivity contribution in [3.63, 3.8) is 0 Å². The molecule has 1 heterocycles. The normalized spacial score (nSPS) is 11.4. The average Bonchev–Trinajstić information content (AvgIpc) is 2.57. The van der Waals surface area contributed by atoms with Gasteiger partial charge in [-0.3, -0.25) is 0 Å². The minimum Gasteiger partial charge on any atom is -0.384 e. The molecule has 0 saturated carbocycles. The molecule has 0 spiro atoms. The number of amides is 2. The van der Waals surface area contributed by atoms with Crippen LogP contribution in [0.25, 0.3) is 11.4 Å². The van der Waals surface area contributed by atoms with Gasteiger partial charge in [0.1, 0.15) is 5.82 Å². The first kappa shape index (κ1) is 21.6. The van der Waals surface area contributed by atoms with E-state index in [1.54, 1.807) is 24.3 Å². The fourth-order valence-corrected chi connectivity index (χ4v) is 3.15. The first-order valence-electron chi connectivity index (χ1n) is 8.73. The van der Waals surface area contributed by atoms with Crippen LogP contribution in [0.3, 0.4) is 0 Å². The summed E-state index contributed by atoms with van der Waals surface area (Å²) in [6.07, 6.45) is 2.00. The second kappa shape index (κ2) is 9.47. The molecular formula is C18H26N6O3S. The summed E-state index contributed by atoms with van der Waals surface area (Å²) in [6, 6.07) is 8.08. The lowest BCUT2D eigenvalue weighted by Crippen LogP contribution is -2.31. The van der Waals surface area contributed by atoms with E-state index in [1.165, 1.54) is 6.07 Å². The van der Waals surface area contributed by atoms with E-state index in [1.807, 2.05) is 14.1 Å². The van der Waals surface area contributed by atoms with Crippen LogP contribution in [0.2, 0.25) is 0 Å². The number of nitrogens with zero attached hydrogens (tertiary/aromatic N) is 3. The zero-order valence-corrected chi connectivity index (χ0v) is 17.1. The summed E-state index contributed by atoms with van der Waals surface area (Å²) in [5, 5.41) is 5.55. The Labute approximate surface area is 165 Å². The van der Waals surface area contributed by atoms with Gasteiger partial charge in [0.2, 0.25) is 0 Å². The smallest absolute Gasteiger partial charge is 0.319 e. The molecule has 2 rings (SSSR count). The van der Waals surface area contributed by atoms with Crippen molar-refractivity contribution in [3.8, 4) is 11.4 Å². The van der Waals surface area contributed by atoms with E-state index in [4.69, 9.17) is 5.73 Å². The molecule has 0 unspecified atom stereocenters. The Balaban J connectivity index is 2.01. The SMILES string of the molecule is CN(C)CCCNC(=O)Nc1ccc(-c2nc(N)cc(CS(C)(=O)=O)n2)cc1. The van der Waals surface area contributed by atoms with Gasteiger partial charge in [-0.25, -0.2) is 23.2 Å². The molecule has 28 heavy (non-hydrogen) atoms. The molecule has 0 aliphatic heterocycles. The molecule has 9 nitrogen and oxygen atoms in total. The molecule has 0 fully saturated rings. The summed E-state index contributed by atoms with van der Waals surface area (Å²) in [5.41, 5.74) is 7.40. The van der Waals surface area contributed by atoms with Crippen molar-refractivity contribution in [1.29, 1.82) is 0 Å². The molecule has 0 bridgehead atoms. The second-order valence-corrected chi connectivity index (χ2v) is 8.93. The summed E-state index contributed by atoms with van der Waals surface area (Å²) in [4.78, 5) is 22.4. The van der Waals surface area contributed by atoms with Gasteiger partial charge >= 0.3 is 6.03 Å². The standard InChI is InChI=1S/C18H26N6O3S/c1-24(2)10-4-9-20-18(25)22-14-7-5-13(6-8-14)17-21-15(11-16(19)23-17)12-28(3,26)27/h5-8,11H,4,9-10,12H2,1-3H3,(H2,19,21,23)(H2,20,22,25). The topological polar surface area (TPSA) is 130 Å². The molecule has 152 valence electrons. The molecular weight excluding hydrogens is 380 g/mol. The van der Waals surface area contributed by atoms with Crippen LogP contribution in [0.1, 0.15) is 12.1 Å². The van der Waals surface area contributed by atoms with Gasteiger partial charge in [-0.15, -0.1) is 0 Å². The minimum absolute atomic E-state index is 0.197. The number of carbonyl (C=O) groups excluding carboxylic acids is 1. The van der Waals surface area contributed by atoms with Crippen molar-refractivity contribution >= 4 is 27.4 Å². The van der Waals surface area contributed by atoms with E-state index < -0.39 is 9.84 Å². The van der Waals surface area contributed by atoms with Crippen LogP contribution < -0.4 is 16.4 Å². The fraction of sp³-hybridized carbons (Fsp3) is 0.389. The number of hydrogen-bond acceptors (Lipinski definition) is 7. The van der Waals surface area contributed by atoms with Crippen LogP contribution in [0.5, 0.6) is 0 Å². The molecule has 1 aromatic heterocycles. The van der Waals surface area contributed by atoms with E-state index in [0.717, 1.165) is 19.2 Å². The third kappa shape index (κ3) is 7.49. The Kier molecular flexibility index (Phi) is 7.30. The maximum atomic E-state index is 11.9. The maximum Gasteiger partial charge on any atom is 0.319 e. The first-order chi connectivity index (χ1) is 13.1. The molecule has 0 aliphatic carbocycles. The first-order valence-corrected chi connectivity index (χ1v) is 10.8. The maximum absolute atomic E-state index is 11.9. The summed E-state index contributed by atoms with van der Waals surface area (Å²) in [7, 11) is 0.733. The molecule has 0 aliphatic rings. The van der Waals surface area contributed by atoms with E-state index in [0.29, 0.717) is 29.3 Å². The highest BCUT2D eigenvalue weighted by molar-refractivity contribution is 7.89. The summed E-state index contributed by atoms with van der Waals surface area (Å²) >= 11 is 0. The zero-order valence-electron chi connectivity index (χ0n) is 16.3. The Hall–Kier alpha value is -2.72. The monoisotopic (exact) mass is 406 g/mol. The number of urea groups is 1. The molecule has 0 atom stereocenters. The van der Waals surface area contributed by atoms with E-state index in [-0.39, 0.29) is 17.6 Å². The van der Waals surface area contributed by atoms with E-state index in [9.17, 15) is 13.2 Å². The Morgan fingerprint density at radius 2 is 1.86 bits per heavy atom. The molecule has 0 radical (unpaired) electrons. The number of carbonyl (C=O) groups is 1. The van der Waals surface area contributed by atoms with Crippen molar-refractivity contribution in [3.05, 3.63) is 36.0 Å². The molecule has 1 aromatic carbocycles. The lowest BCUT2D eigenvalue weighted by Gasteiger charge is -2.11. The third-order valence-electron chi connectivity index (χ3n) is 3.68. The number of anilines is 2. The van der Waals surface area contributed by atoms with Gasteiger partial charge in [0.15, 0.2) is 15.7 Å². The van der Waals surface area contributed by atoms with Crippen LogP contribution in [0.4, 0.5) is 16.3 Å². The van der Waals surface area contributed by atoms with Crippen molar-refractivity contribution in [2.75, 3.05) is 44.5 Å². The Bertz CT molecular complexity index is 913. The number of rotatable bonds is 8. The average molecular weight is 407 g/mol. The van der Waals surface area contributed by atoms with Crippen molar-refractivity contribution < 1.29 is 13.2 Å². The predicted octanol–water partition coefficient (Wildman–Crippen LogP) is 1.34. The Morgan fingerprint density at radius 3 is 2.46 bits per heavy atom. The molecule has 2 amide bonds. The number of hydrogen-bond donors (Lipinski definition) is 3. The predicted molar refractivity (Wildman–Crippen MR) is 111 cm³/mol. The van der Waals surface area contributed by atoms with Crippen LogP contribution >= 0.6 is 0 Å². The lowest BCUT2D eigenvalue weighted by molar-refractivity contribution is 0.251. The van der Waals surface area contributed by atoms with E-state index >= 15 is 0 Å². The highest BCUT2D eigenvalue weighted by atomic mass is 32.2. The number of nitrogens with one attached hydrogen (secondary N) is 2. The van der Waals surface area contributed by atoms with Crippen molar-refractivity contribution in [2.45, 2.75) is 12.2 Å². The molecule has 0 saturated heterocycles. The summed E-state index contributed by atoms with van der Waals surface area (Å²) in [6.45, 7) is 1.48. The number of nitrogen functional groups attached to an aromatic ring is 1. The summed E-state index contributed by atoms with van der Waals surface area (Å²) < 4.78 is 23.0. The zero-order chi connectivity index (χ0) is 20.7. The molecule has 4 N–H and O–H groups in total. The van der Waals surface area contributed by atoms with Crippen LogP contribution in [-0.4, -0.2) is 62.8 Å².